The fraction of sp³-hybridized carbons (Fsp3) is 0.211. The van der Waals surface area contributed by atoms with Gasteiger partial charge in [0.2, 0.25) is 0 Å². The van der Waals surface area contributed by atoms with E-state index in [1.807, 2.05) is 19.1 Å². The highest BCUT2D eigenvalue weighted by atomic mass is 16.2. The van der Waals surface area contributed by atoms with Crippen molar-refractivity contribution in [2.75, 3.05) is 24.5 Å². The maximum atomic E-state index is 12.3. The van der Waals surface area contributed by atoms with Crippen LogP contribution >= 0.6 is 0 Å². The molecule has 27 heavy (non-hydrogen) atoms. The second kappa shape index (κ2) is 6.64. The van der Waals surface area contributed by atoms with Gasteiger partial charge in [-0.05, 0) is 31.2 Å². The van der Waals surface area contributed by atoms with E-state index in [1.54, 1.807) is 39.9 Å². The summed E-state index contributed by atoms with van der Waals surface area (Å²) in [4.78, 5) is 42.7. The molecule has 1 aliphatic heterocycles. The molecule has 2 amide bonds. The second-order valence-electron chi connectivity index (χ2n) is 6.18. The van der Waals surface area contributed by atoms with E-state index >= 15 is 0 Å². The van der Waals surface area contributed by atoms with Crippen molar-refractivity contribution in [3.8, 4) is 11.3 Å². The van der Waals surface area contributed by atoms with Crippen LogP contribution in [-0.4, -0.2) is 57.2 Å². The average molecular weight is 363 g/mol. The van der Waals surface area contributed by atoms with E-state index in [0.29, 0.717) is 42.9 Å². The SMILES string of the molecule is CCN1CCN(c2ccc(-c3cnc4ccc(C=O)nn34)cc2)C(=O)C1=O. The van der Waals surface area contributed by atoms with Gasteiger partial charge in [0, 0.05) is 30.9 Å². The number of aromatic nitrogens is 3. The van der Waals surface area contributed by atoms with Crippen LogP contribution in [-0.2, 0) is 9.59 Å². The number of imidazole rings is 1. The molecule has 8 nitrogen and oxygen atoms in total. The van der Waals surface area contributed by atoms with Crippen LogP contribution in [0, 0.1) is 0 Å². The standard InChI is InChI=1S/C19H17N5O3/c1-2-22-9-10-23(19(27)18(22)26)15-6-3-13(4-7-15)16-11-20-17-8-5-14(12-25)21-24(16)17/h3-8,11-12H,2,9-10H2,1H3. The molecule has 3 heterocycles. The fourth-order valence-corrected chi connectivity index (χ4v) is 3.18. The van der Waals surface area contributed by atoms with Gasteiger partial charge < -0.3 is 9.80 Å². The number of anilines is 1. The normalized spacial score (nSPS) is 14.9. The Balaban J connectivity index is 1.64. The summed E-state index contributed by atoms with van der Waals surface area (Å²) in [5.41, 5.74) is 3.20. The van der Waals surface area contributed by atoms with Crippen LogP contribution in [0.2, 0.25) is 0 Å². The number of aldehydes is 1. The second-order valence-corrected chi connectivity index (χ2v) is 6.18. The molecule has 0 bridgehead atoms. The lowest BCUT2D eigenvalue weighted by molar-refractivity contribution is -0.146. The topological polar surface area (TPSA) is 87.9 Å². The molecule has 2 aromatic heterocycles. The lowest BCUT2D eigenvalue weighted by Gasteiger charge is -2.33. The molecule has 0 unspecified atom stereocenters. The minimum atomic E-state index is -0.511. The third-order valence-electron chi connectivity index (χ3n) is 4.67. The molecule has 3 aromatic rings. The number of piperazine rings is 1. The van der Waals surface area contributed by atoms with Gasteiger partial charge in [0.15, 0.2) is 11.9 Å². The van der Waals surface area contributed by atoms with Gasteiger partial charge in [-0.25, -0.2) is 9.50 Å². The van der Waals surface area contributed by atoms with Crippen molar-refractivity contribution in [2.24, 2.45) is 0 Å². The van der Waals surface area contributed by atoms with Crippen molar-refractivity contribution in [1.82, 2.24) is 19.5 Å². The first kappa shape index (κ1) is 16.9. The van der Waals surface area contributed by atoms with Crippen molar-refractivity contribution in [2.45, 2.75) is 6.92 Å². The molecular formula is C19H17N5O3. The molecule has 0 atom stereocenters. The number of rotatable bonds is 4. The highest BCUT2D eigenvalue weighted by Gasteiger charge is 2.32. The van der Waals surface area contributed by atoms with E-state index in [4.69, 9.17) is 0 Å². The molecule has 0 spiro atoms. The lowest BCUT2D eigenvalue weighted by Crippen LogP contribution is -2.54. The van der Waals surface area contributed by atoms with Crippen LogP contribution in [0.5, 0.6) is 0 Å². The molecule has 136 valence electrons. The zero-order valence-electron chi connectivity index (χ0n) is 14.7. The number of amides is 2. The van der Waals surface area contributed by atoms with Crippen molar-refractivity contribution < 1.29 is 14.4 Å². The number of likely N-dealkylation sites (N-methyl/N-ethyl adjacent to an activating group) is 1. The number of hydrogen-bond donors (Lipinski definition) is 0. The summed E-state index contributed by atoms with van der Waals surface area (Å²) < 4.78 is 1.60. The van der Waals surface area contributed by atoms with Crippen molar-refractivity contribution >= 4 is 29.4 Å². The fourth-order valence-electron chi connectivity index (χ4n) is 3.18. The summed E-state index contributed by atoms with van der Waals surface area (Å²) in [7, 11) is 0. The highest BCUT2D eigenvalue weighted by Crippen LogP contribution is 2.25. The number of carbonyl (C=O) groups is 3. The molecule has 0 N–H and O–H groups in total. The zero-order chi connectivity index (χ0) is 19.0. The minimum absolute atomic E-state index is 0.316. The van der Waals surface area contributed by atoms with Crippen LogP contribution in [0.4, 0.5) is 5.69 Å². The van der Waals surface area contributed by atoms with Gasteiger partial charge in [-0.2, -0.15) is 5.10 Å². The van der Waals surface area contributed by atoms with Gasteiger partial charge in [0.25, 0.3) is 0 Å². The molecule has 0 saturated carbocycles. The summed E-state index contributed by atoms with van der Waals surface area (Å²) in [5, 5.41) is 4.25. The molecule has 1 aliphatic rings. The smallest absolute Gasteiger partial charge is 0.316 e. The minimum Gasteiger partial charge on any atom is -0.333 e. The first-order valence-electron chi connectivity index (χ1n) is 8.63. The largest absolute Gasteiger partial charge is 0.333 e. The highest BCUT2D eigenvalue weighted by molar-refractivity contribution is 6.41. The molecule has 0 radical (unpaired) electrons. The third kappa shape index (κ3) is 2.84. The first-order valence-corrected chi connectivity index (χ1v) is 8.63. The summed E-state index contributed by atoms with van der Waals surface area (Å²) in [5.74, 6) is -0.983. The maximum absolute atomic E-state index is 12.3. The van der Waals surface area contributed by atoms with E-state index in [9.17, 15) is 14.4 Å². The zero-order valence-corrected chi connectivity index (χ0v) is 14.7. The summed E-state index contributed by atoms with van der Waals surface area (Å²) in [6, 6.07) is 10.6. The number of hydrogen-bond acceptors (Lipinski definition) is 5. The van der Waals surface area contributed by atoms with Gasteiger partial charge in [-0.1, -0.05) is 12.1 Å². The third-order valence-corrected chi connectivity index (χ3v) is 4.67. The Morgan fingerprint density at radius 2 is 1.81 bits per heavy atom. The molecule has 1 aromatic carbocycles. The van der Waals surface area contributed by atoms with E-state index in [0.717, 1.165) is 11.3 Å². The van der Waals surface area contributed by atoms with Gasteiger partial charge in [0.05, 0.1) is 11.9 Å². The molecule has 8 heteroatoms. The van der Waals surface area contributed by atoms with E-state index < -0.39 is 11.8 Å². The van der Waals surface area contributed by atoms with Gasteiger partial charge >= 0.3 is 11.8 Å². The molecule has 4 rings (SSSR count). The van der Waals surface area contributed by atoms with Crippen molar-refractivity contribution in [1.29, 1.82) is 0 Å². The summed E-state index contributed by atoms with van der Waals surface area (Å²) in [6.07, 6.45) is 2.37. The Hall–Kier alpha value is -3.55. The number of benzene rings is 1. The van der Waals surface area contributed by atoms with E-state index in [2.05, 4.69) is 10.1 Å². The molecule has 1 fully saturated rings. The predicted molar refractivity (Wildman–Crippen MR) is 98.4 cm³/mol. The molecule has 0 aliphatic carbocycles. The number of carbonyl (C=O) groups excluding carboxylic acids is 3. The Morgan fingerprint density at radius 1 is 1.04 bits per heavy atom. The van der Waals surface area contributed by atoms with Crippen molar-refractivity contribution in [3.63, 3.8) is 0 Å². The Labute approximate surface area is 155 Å². The lowest BCUT2D eigenvalue weighted by atomic mass is 10.1. The quantitative estimate of drug-likeness (QED) is 0.516. The number of nitrogens with zero attached hydrogens (tertiary/aromatic N) is 5. The van der Waals surface area contributed by atoms with E-state index in [-0.39, 0.29) is 0 Å². The van der Waals surface area contributed by atoms with Crippen LogP contribution in [0.3, 0.4) is 0 Å². The maximum Gasteiger partial charge on any atom is 0.316 e. The van der Waals surface area contributed by atoms with Crippen LogP contribution in [0.15, 0.2) is 42.6 Å². The molecule has 1 saturated heterocycles. The van der Waals surface area contributed by atoms with Crippen LogP contribution in [0.1, 0.15) is 17.4 Å². The number of fused-ring (bicyclic) bond motifs is 1. The monoisotopic (exact) mass is 363 g/mol. The Morgan fingerprint density at radius 3 is 2.52 bits per heavy atom. The average Bonchev–Trinajstić information content (AvgIpc) is 3.13. The summed E-state index contributed by atoms with van der Waals surface area (Å²) >= 11 is 0. The van der Waals surface area contributed by atoms with Gasteiger partial charge in [-0.3, -0.25) is 14.4 Å². The van der Waals surface area contributed by atoms with Gasteiger partial charge in [0.1, 0.15) is 5.69 Å². The van der Waals surface area contributed by atoms with Crippen LogP contribution < -0.4 is 4.90 Å². The Bertz CT molecular complexity index is 1040. The van der Waals surface area contributed by atoms with Crippen molar-refractivity contribution in [3.05, 3.63) is 48.3 Å². The summed E-state index contributed by atoms with van der Waals surface area (Å²) in [6.45, 7) is 3.38. The Kier molecular flexibility index (Phi) is 4.15. The van der Waals surface area contributed by atoms with Crippen LogP contribution in [0.25, 0.3) is 16.9 Å². The first-order chi connectivity index (χ1) is 13.1. The predicted octanol–water partition coefficient (Wildman–Crippen LogP) is 1.40. The molecular weight excluding hydrogens is 346 g/mol. The van der Waals surface area contributed by atoms with E-state index in [1.165, 1.54) is 4.90 Å². The van der Waals surface area contributed by atoms with Gasteiger partial charge in [-0.15, -0.1) is 0 Å².